The van der Waals surface area contributed by atoms with E-state index in [2.05, 4.69) is 66.0 Å². The van der Waals surface area contributed by atoms with Gasteiger partial charge in [0.25, 0.3) is 27.5 Å². The molecule has 1 unspecified atom stereocenters. The highest BCUT2D eigenvalue weighted by molar-refractivity contribution is 7.90. The number of nitro benzene ring substituents is 1. The molecule has 6 aromatic rings. The number of H-pyrrole nitrogens is 1. The molecule has 1 atom stereocenters. The van der Waals surface area contributed by atoms with Crippen molar-refractivity contribution >= 4 is 84.8 Å². The predicted octanol–water partition coefficient (Wildman–Crippen LogP) is 9.17. The van der Waals surface area contributed by atoms with Crippen LogP contribution in [-0.4, -0.2) is 157 Å². The van der Waals surface area contributed by atoms with Crippen molar-refractivity contribution < 1.29 is 46.8 Å². The summed E-state index contributed by atoms with van der Waals surface area (Å²) in [6.45, 7) is 11.6. The standard InChI is InChI=1S/C66H74ClN11O11S/c1-66(2)23-21-45(53(36-66)43-9-11-46(67)12-10-43)39-73-26-28-74(29-27-73)48-15-17-52(59(34-48)89-49-33-44-22-24-68-62(44)70-38-49)63(81)72-90(86,87)50-16-18-55(57(35-50)78(84)85)69-37-42-7-13-47(14-8-42)76-31-30-75(61(80)41-76)25-4-32-88-58-6-3-5-51-54(58)40-77(65(51)83)56-19-20-60(79)71-64(56)82/h3,5-6,9-12,15-18,22,24,33-35,38,42,47,56,69H,4,7-8,13-14,19-21,23,25-32,36-37,39-41H2,1-2H3,(H,68,70)(H,72,81)(H,71,79,82). The topological polar surface area (TPSA) is 262 Å². The van der Waals surface area contributed by atoms with Crippen LogP contribution in [0, 0.1) is 21.4 Å². The fraction of sp³-hybridized carbons (Fsp3) is 0.424. The second kappa shape index (κ2) is 26.2. The average molecular weight is 1260 g/mol. The molecule has 4 fully saturated rings. The lowest BCUT2D eigenvalue weighted by atomic mass is 9.72. The van der Waals surface area contributed by atoms with Crippen LogP contribution in [0.15, 0.2) is 114 Å². The fourth-order valence-corrected chi connectivity index (χ4v) is 14.7. The summed E-state index contributed by atoms with van der Waals surface area (Å²) in [4.78, 5) is 94.3. The van der Waals surface area contributed by atoms with Crippen molar-refractivity contribution in [2.75, 3.05) is 82.3 Å². The first-order chi connectivity index (χ1) is 43.3. The van der Waals surface area contributed by atoms with Gasteiger partial charge in [-0.15, -0.1) is 0 Å². The molecule has 2 aliphatic carbocycles. The Morgan fingerprint density at radius 1 is 0.878 bits per heavy atom. The Balaban J connectivity index is 0.627. The van der Waals surface area contributed by atoms with E-state index in [-0.39, 0.29) is 71.5 Å². The third kappa shape index (κ3) is 13.8. The number of amides is 5. The third-order valence-electron chi connectivity index (χ3n) is 18.7. The number of rotatable bonds is 20. The van der Waals surface area contributed by atoms with Gasteiger partial charge in [0.2, 0.25) is 17.7 Å². The van der Waals surface area contributed by atoms with Crippen LogP contribution in [0.2, 0.25) is 5.02 Å². The van der Waals surface area contributed by atoms with Gasteiger partial charge < -0.3 is 34.5 Å². The summed E-state index contributed by atoms with van der Waals surface area (Å²) in [5.41, 5.74) is 6.50. The zero-order chi connectivity index (χ0) is 62.8. The molecule has 22 nitrogen and oxygen atoms in total. The first kappa shape index (κ1) is 61.8. The van der Waals surface area contributed by atoms with Crippen LogP contribution in [0.3, 0.4) is 0 Å². The molecule has 24 heteroatoms. The van der Waals surface area contributed by atoms with Crippen molar-refractivity contribution in [1.82, 2.24) is 39.6 Å². The molecule has 4 aliphatic heterocycles. The lowest BCUT2D eigenvalue weighted by molar-refractivity contribution is -0.384. The summed E-state index contributed by atoms with van der Waals surface area (Å²) in [6, 6.07) is 25.1. The molecule has 0 radical (unpaired) electrons. The third-order valence-corrected chi connectivity index (χ3v) is 20.3. The highest BCUT2D eigenvalue weighted by atomic mass is 35.5. The Bertz CT molecular complexity index is 3920. The second-order valence-corrected chi connectivity index (χ2v) is 27.3. The van der Waals surface area contributed by atoms with Gasteiger partial charge >= 0.3 is 0 Å². The van der Waals surface area contributed by atoms with Crippen molar-refractivity contribution in [3.63, 3.8) is 0 Å². The second-order valence-electron chi connectivity index (χ2n) is 25.2. The molecule has 0 spiro atoms. The summed E-state index contributed by atoms with van der Waals surface area (Å²) < 4.78 is 42.7. The normalized spacial score (nSPS) is 20.9. The number of hydrogen-bond acceptors (Lipinski definition) is 16. The summed E-state index contributed by atoms with van der Waals surface area (Å²) in [5, 5.41) is 19.6. The number of carbonyl (C=O) groups excluding carboxylic acids is 5. The summed E-state index contributed by atoms with van der Waals surface area (Å²) in [6.07, 6.45) is 10.8. The maximum Gasteiger partial charge on any atom is 0.293 e. The zero-order valence-electron chi connectivity index (χ0n) is 50.5. The van der Waals surface area contributed by atoms with Gasteiger partial charge in [0.15, 0.2) is 0 Å². The largest absolute Gasteiger partial charge is 0.493 e. The number of hydrogen-bond donors (Lipinski definition) is 4. The number of pyridine rings is 1. The first-order valence-corrected chi connectivity index (χ1v) is 32.9. The van der Waals surface area contributed by atoms with Crippen LogP contribution in [0.4, 0.5) is 17.1 Å². The molecule has 4 aromatic carbocycles. The minimum atomic E-state index is -4.65. The Morgan fingerprint density at radius 3 is 2.44 bits per heavy atom. The lowest BCUT2D eigenvalue weighted by Gasteiger charge is -2.41. The highest BCUT2D eigenvalue weighted by Gasteiger charge is 2.41. The number of fused-ring (bicyclic) bond motifs is 2. The minimum Gasteiger partial charge on any atom is -0.493 e. The average Bonchev–Trinajstić information content (AvgIpc) is 1.80. The molecule has 472 valence electrons. The van der Waals surface area contributed by atoms with E-state index in [1.54, 1.807) is 42.6 Å². The van der Waals surface area contributed by atoms with Crippen molar-refractivity contribution in [2.24, 2.45) is 11.3 Å². The van der Waals surface area contributed by atoms with Gasteiger partial charge in [-0.2, -0.15) is 0 Å². The maximum atomic E-state index is 14.2. The predicted molar refractivity (Wildman–Crippen MR) is 340 cm³/mol. The molecule has 6 aliphatic rings. The molecular weight excluding hydrogens is 1190 g/mol. The van der Waals surface area contributed by atoms with E-state index in [0.29, 0.717) is 85.6 Å². The number of benzene rings is 4. The van der Waals surface area contributed by atoms with Gasteiger partial charge in [-0.1, -0.05) is 49.2 Å². The van der Waals surface area contributed by atoms with E-state index in [4.69, 9.17) is 21.1 Å². The van der Waals surface area contributed by atoms with Crippen molar-refractivity contribution in [2.45, 2.75) is 102 Å². The van der Waals surface area contributed by atoms with Gasteiger partial charge in [0.1, 0.15) is 34.6 Å². The Morgan fingerprint density at radius 2 is 1.68 bits per heavy atom. The van der Waals surface area contributed by atoms with Crippen molar-refractivity contribution in [3.05, 3.63) is 146 Å². The SMILES string of the molecule is CC1(C)CCC(CN2CCN(c3ccc(C(=O)NS(=O)(=O)c4ccc(NCC5CCC(N6CCN(CCCOc7cccc8c7CN(C7CCC(=O)NC7=O)C8=O)C(=O)C6)CC5)c([N+](=O)[O-])c4)c(Oc4cnc5[nH]ccc5c4)c3)CC2)=C(c2ccc(Cl)cc2)C1. The number of anilines is 2. The van der Waals surface area contributed by atoms with Gasteiger partial charge in [-0.05, 0) is 141 Å². The van der Waals surface area contributed by atoms with Gasteiger partial charge in [0, 0.05) is 117 Å². The molecular formula is C66H74ClN11O11S. The number of nitro groups is 1. The molecule has 1 saturated carbocycles. The van der Waals surface area contributed by atoms with E-state index in [0.717, 1.165) is 88.3 Å². The molecule has 90 heavy (non-hydrogen) atoms. The maximum absolute atomic E-state index is 14.2. The van der Waals surface area contributed by atoms with E-state index in [1.807, 2.05) is 23.1 Å². The molecule has 4 N–H and O–H groups in total. The Kier molecular flexibility index (Phi) is 18.0. The molecule has 2 aromatic heterocycles. The number of imide groups is 1. The summed E-state index contributed by atoms with van der Waals surface area (Å²) in [7, 11) is -4.65. The van der Waals surface area contributed by atoms with Crippen LogP contribution in [0.5, 0.6) is 17.2 Å². The highest BCUT2D eigenvalue weighted by Crippen LogP contribution is 2.44. The number of sulfonamides is 1. The van der Waals surface area contributed by atoms with Crippen LogP contribution in [0.25, 0.3) is 16.6 Å². The van der Waals surface area contributed by atoms with Gasteiger partial charge in [-0.25, -0.2) is 18.1 Å². The number of carbonyl (C=O) groups is 5. The molecule has 0 bridgehead atoms. The van der Waals surface area contributed by atoms with Crippen LogP contribution in [-0.2, 0) is 31.0 Å². The Labute approximate surface area is 527 Å². The molecule has 12 rings (SSSR count). The van der Waals surface area contributed by atoms with Gasteiger partial charge in [-0.3, -0.25) is 49.2 Å². The summed E-state index contributed by atoms with van der Waals surface area (Å²) in [5.74, 6) is -0.868. The number of nitrogens with zero attached hydrogens (tertiary/aromatic N) is 7. The number of aromatic amines is 1. The molecule has 6 heterocycles. The number of nitrogens with one attached hydrogen (secondary N) is 4. The smallest absolute Gasteiger partial charge is 0.293 e. The first-order valence-electron chi connectivity index (χ1n) is 31.0. The van der Waals surface area contributed by atoms with Gasteiger partial charge in [0.05, 0.1) is 41.3 Å². The van der Waals surface area contributed by atoms with E-state index in [1.165, 1.54) is 46.0 Å². The van der Waals surface area contributed by atoms with E-state index in [9.17, 15) is 42.5 Å². The van der Waals surface area contributed by atoms with Crippen molar-refractivity contribution in [1.29, 1.82) is 0 Å². The number of piperazine rings is 2. The number of allylic oxidation sites excluding steroid dienone is 1. The lowest BCUT2D eigenvalue weighted by Crippen LogP contribution is -2.54. The van der Waals surface area contributed by atoms with Crippen LogP contribution < -0.4 is 29.7 Å². The number of ether oxygens (including phenoxy) is 2. The zero-order valence-corrected chi connectivity index (χ0v) is 52.1. The molecule has 3 saturated heterocycles. The van der Waals surface area contributed by atoms with Crippen LogP contribution in [0.1, 0.15) is 110 Å². The van der Waals surface area contributed by atoms with E-state index >= 15 is 0 Å². The molecule has 5 amide bonds. The van der Waals surface area contributed by atoms with Crippen molar-refractivity contribution in [3.8, 4) is 17.2 Å². The summed E-state index contributed by atoms with van der Waals surface area (Å²) >= 11 is 6.28. The monoisotopic (exact) mass is 1260 g/mol. The van der Waals surface area contributed by atoms with Crippen LogP contribution >= 0.6 is 11.6 Å². The quantitative estimate of drug-likeness (QED) is 0.0240. The number of halogens is 1. The fourth-order valence-electron chi connectivity index (χ4n) is 13.6. The number of aromatic nitrogens is 2. The Hall–Kier alpha value is -8.38. The minimum absolute atomic E-state index is 0.0408. The van der Waals surface area contributed by atoms with E-state index < -0.39 is 43.4 Å². The number of piperidine rings is 1.